The number of rotatable bonds is 4. The van der Waals surface area contributed by atoms with Gasteiger partial charge in [0.25, 0.3) is 5.56 Å². The van der Waals surface area contributed by atoms with E-state index >= 15 is 0 Å². The summed E-state index contributed by atoms with van der Waals surface area (Å²) in [6, 6.07) is 10.9. The van der Waals surface area contributed by atoms with Crippen LogP contribution in [-0.2, 0) is 13.6 Å². The highest BCUT2D eigenvalue weighted by molar-refractivity contribution is 6.32. The third-order valence-electron chi connectivity index (χ3n) is 4.98. The molecule has 2 heterocycles. The number of H-pyrrole nitrogens is 1. The van der Waals surface area contributed by atoms with E-state index in [-0.39, 0.29) is 12.1 Å². The van der Waals surface area contributed by atoms with Crippen LogP contribution in [0.15, 0.2) is 41.3 Å². The summed E-state index contributed by atoms with van der Waals surface area (Å²) in [6.07, 6.45) is 1.71. The Bertz CT molecular complexity index is 1380. The molecule has 0 bridgehead atoms. The van der Waals surface area contributed by atoms with Gasteiger partial charge in [0, 0.05) is 36.2 Å². The molecule has 0 aliphatic carbocycles. The maximum Gasteiger partial charge on any atom is 0.272 e. The van der Waals surface area contributed by atoms with Crippen LogP contribution < -0.4 is 16.0 Å². The lowest BCUT2D eigenvalue weighted by molar-refractivity contribution is 0.415. The molecule has 0 unspecified atom stereocenters. The number of nitrogens with one attached hydrogen (secondary N) is 1. The Morgan fingerprint density at radius 3 is 2.77 bits per heavy atom. The number of ether oxygens (including phenoxy) is 1. The number of benzene rings is 2. The first kappa shape index (κ1) is 19.6. The van der Waals surface area contributed by atoms with Gasteiger partial charge in [0.2, 0.25) is 0 Å². The van der Waals surface area contributed by atoms with Crippen molar-refractivity contribution in [3.8, 4) is 34.2 Å². The van der Waals surface area contributed by atoms with Crippen molar-refractivity contribution in [1.82, 2.24) is 20.0 Å². The quantitative estimate of drug-likeness (QED) is 0.523. The van der Waals surface area contributed by atoms with Gasteiger partial charge in [-0.05, 0) is 23.8 Å². The van der Waals surface area contributed by atoms with Gasteiger partial charge in [-0.2, -0.15) is 15.5 Å². The van der Waals surface area contributed by atoms with Crippen molar-refractivity contribution < 1.29 is 4.74 Å². The molecule has 2 aromatic heterocycles. The molecule has 4 rings (SSSR count). The van der Waals surface area contributed by atoms with Crippen LogP contribution >= 0.6 is 11.6 Å². The molecule has 150 valence electrons. The number of hydrogen-bond acceptors (Lipinski definition) is 6. The smallest absolute Gasteiger partial charge is 0.272 e. The van der Waals surface area contributed by atoms with Crippen molar-refractivity contribution in [1.29, 1.82) is 5.26 Å². The molecule has 0 radical (unpaired) electrons. The average Bonchev–Trinajstić information content (AvgIpc) is 3.14. The summed E-state index contributed by atoms with van der Waals surface area (Å²) in [5.41, 5.74) is 9.43. The second-order valence-electron chi connectivity index (χ2n) is 6.64. The Labute approximate surface area is 176 Å². The van der Waals surface area contributed by atoms with Gasteiger partial charge in [-0.1, -0.05) is 17.7 Å². The van der Waals surface area contributed by atoms with Crippen molar-refractivity contribution in [3.05, 3.63) is 63.2 Å². The monoisotopic (exact) mass is 420 g/mol. The largest absolute Gasteiger partial charge is 0.495 e. The molecule has 0 saturated carbocycles. The van der Waals surface area contributed by atoms with Crippen LogP contribution in [0, 0.1) is 11.3 Å². The van der Waals surface area contributed by atoms with E-state index in [1.807, 2.05) is 12.1 Å². The maximum atomic E-state index is 12.1. The zero-order chi connectivity index (χ0) is 21.4. The lowest BCUT2D eigenvalue weighted by Gasteiger charge is -2.12. The molecule has 30 heavy (non-hydrogen) atoms. The third-order valence-corrected chi connectivity index (χ3v) is 5.27. The van der Waals surface area contributed by atoms with Crippen LogP contribution in [0.1, 0.15) is 11.3 Å². The Morgan fingerprint density at radius 1 is 1.27 bits per heavy atom. The van der Waals surface area contributed by atoms with Gasteiger partial charge in [0.15, 0.2) is 0 Å². The van der Waals surface area contributed by atoms with Crippen LogP contribution in [0.4, 0.5) is 0 Å². The van der Waals surface area contributed by atoms with E-state index in [0.717, 1.165) is 11.1 Å². The number of aromatic nitrogens is 4. The standard InChI is InChI=1S/C21H17ClN6O2/c1-28-20(14-7-17(22)19(30-2)6-12(14)8-23)16(10-25-28)11-3-4-13-15(5-11)18(9-24)26-27-21(13)29/h3-7,10H,9,24H2,1-2H3,(H,27,29). The molecule has 4 aromatic rings. The summed E-state index contributed by atoms with van der Waals surface area (Å²) in [5.74, 6) is 0.421. The number of halogens is 1. The number of nitrogens with zero attached hydrogens (tertiary/aromatic N) is 4. The predicted octanol–water partition coefficient (Wildman–Crippen LogP) is 2.98. The Balaban J connectivity index is 1.98. The number of aromatic amines is 1. The van der Waals surface area contributed by atoms with E-state index in [4.69, 9.17) is 22.1 Å². The predicted molar refractivity (Wildman–Crippen MR) is 114 cm³/mol. The van der Waals surface area contributed by atoms with Gasteiger partial charge < -0.3 is 10.5 Å². The molecule has 9 heteroatoms. The van der Waals surface area contributed by atoms with Crippen molar-refractivity contribution in [2.75, 3.05) is 7.11 Å². The highest BCUT2D eigenvalue weighted by Gasteiger charge is 2.19. The van der Waals surface area contributed by atoms with Crippen molar-refractivity contribution in [2.45, 2.75) is 6.54 Å². The lowest BCUT2D eigenvalue weighted by Crippen LogP contribution is -2.13. The van der Waals surface area contributed by atoms with Crippen LogP contribution in [0.3, 0.4) is 0 Å². The summed E-state index contributed by atoms with van der Waals surface area (Å²) in [7, 11) is 3.29. The highest BCUT2D eigenvalue weighted by atomic mass is 35.5. The average molecular weight is 421 g/mol. The summed E-state index contributed by atoms with van der Waals surface area (Å²) in [6.45, 7) is 0.184. The van der Waals surface area contributed by atoms with E-state index in [1.54, 1.807) is 36.1 Å². The molecule has 8 nitrogen and oxygen atoms in total. The normalized spacial score (nSPS) is 10.9. The van der Waals surface area contributed by atoms with E-state index in [9.17, 15) is 10.1 Å². The highest BCUT2D eigenvalue weighted by Crippen LogP contribution is 2.38. The van der Waals surface area contributed by atoms with E-state index in [0.29, 0.717) is 44.1 Å². The van der Waals surface area contributed by atoms with E-state index in [2.05, 4.69) is 21.4 Å². The van der Waals surface area contributed by atoms with E-state index in [1.165, 1.54) is 7.11 Å². The summed E-state index contributed by atoms with van der Waals surface area (Å²) < 4.78 is 6.91. The number of methoxy groups -OCH3 is 1. The first-order chi connectivity index (χ1) is 14.5. The second-order valence-corrected chi connectivity index (χ2v) is 7.05. The fourth-order valence-electron chi connectivity index (χ4n) is 3.51. The number of nitriles is 1. The van der Waals surface area contributed by atoms with Crippen LogP contribution in [0.2, 0.25) is 5.02 Å². The molecule has 2 aromatic carbocycles. The molecule has 0 aliphatic rings. The zero-order valence-corrected chi connectivity index (χ0v) is 17.0. The van der Waals surface area contributed by atoms with Gasteiger partial charge in [0.05, 0.1) is 46.7 Å². The maximum absolute atomic E-state index is 12.1. The molecule has 0 aliphatic heterocycles. The SMILES string of the molecule is COc1cc(C#N)c(-c2c(-c3ccc4c(=O)[nH]nc(CN)c4c3)cnn2C)cc1Cl. The Morgan fingerprint density at radius 2 is 2.07 bits per heavy atom. The molecule has 0 atom stereocenters. The number of aryl methyl sites for hydroxylation is 1. The molecule has 0 amide bonds. The Hall–Kier alpha value is -3.67. The minimum atomic E-state index is -0.283. The van der Waals surface area contributed by atoms with Crippen LogP contribution in [0.5, 0.6) is 5.75 Å². The van der Waals surface area contributed by atoms with Crippen molar-refractivity contribution in [2.24, 2.45) is 12.8 Å². The van der Waals surface area contributed by atoms with Gasteiger partial charge in [-0.3, -0.25) is 9.48 Å². The van der Waals surface area contributed by atoms with Gasteiger partial charge in [-0.25, -0.2) is 5.10 Å². The third kappa shape index (κ3) is 3.10. The number of hydrogen-bond donors (Lipinski definition) is 2. The van der Waals surface area contributed by atoms with Gasteiger partial charge in [0.1, 0.15) is 5.75 Å². The molecule has 0 fully saturated rings. The first-order valence-corrected chi connectivity index (χ1v) is 9.38. The van der Waals surface area contributed by atoms with Crippen molar-refractivity contribution >= 4 is 22.4 Å². The summed E-state index contributed by atoms with van der Waals surface area (Å²) in [5, 5.41) is 22.1. The lowest BCUT2D eigenvalue weighted by atomic mass is 9.96. The number of fused-ring (bicyclic) bond motifs is 1. The molecular formula is C21H17ClN6O2. The zero-order valence-electron chi connectivity index (χ0n) is 16.2. The molecule has 0 spiro atoms. The molecule has 3 N–H and O–H groups in total. The van der Waals surface area contributed by atoms with Crippen LogP contribution in [-0.4, -0.2) is 27.1 Å². The fourth-order valence-corrected chi connectivity index (χ4v) is 3.75. The summed E-state index contributed by atoms with van der Waals surface area (Å²) >= 11 is 6.34. The Kier molecular flexibility index (Phi) is 4.99. The second kappa shape index (κ2) is 7.63. The van der Waals surface area contributed by atoms with Crippen LogP contribution in [0.25, 0.3) is 33.2 Å². The topological polar surface area (TPSA) is 123 Å². The first-order valence-electron chi connectivity index (χ1n) is 9.00. The van der Waals surface area contributed by atoms with E-state index < -0.39 is 0 Å². The van der Waals surface area contributed by atoms with Gasteiger partial charge in [-0.15, -0.1) is 0 Å². The summed E-state index contributed by atoms with van der Waals surface area (Å²) in [4.78, 5) is 12.1. The minimum Gasteiger partial charge on any atom is -0.495 e. The van der Waals surface area contributed by atoms with Crippen molar-refractivity contribution in [3.63, 3.8) is 0 Å². The molecule has 0 saturated heterocycles. The van der Waals surface area contributed by atoms with Gasteiger partial charge >= 0.3 is 0 Å². The minimum absolute atomic E-state index is 0.184. The number of nitrogens with two attached hydrogens (primary N) is 1. The molecular weight excluding hydrogens is 404 g/mol. The fraction of sp³-hybridized carbons (Fsp3) is 0.143.